The van der Waals surface area contributed by atoms with Gasteiger partial charge in [-0.3, -0.25) is 4.79 Å². The van der Waals surface area contributed by atoms with Crippen LogP contribution >= 0.6 is 0 Å². The molecule has 1 N–H and O–H groups in total. The molecule has 82 valence electrons. The highest BCUT2D eigenvalue weighted by atomic mass is 16.5. The highest BCUT2D eigenvalue weighted by Crippen LogP contribution is 2.10. The summed E-state index contributed by atoms with van der Waals surface area (Å²) < 4.78 is 5.29. The van der Waals surface area contributed by atoms with Gasteiger partial charge < -0.3 is 15.0 Å². The molecule has 1 unspecified atom stereocenters. The molecule has 2 atom stereocenters. The lowest BCUT2D eigenvalue weighted by atomic mass is 10.1. The van der Waals surface area contributed by atoms with Gasteiger partial charge in [-0.15, -0.1) is 0 Å². The van der Waals surface area contributed by atoms with Crippen LogP contribution in [-0.4, -0.2) is 50.2 Å². The Morgan fingerprint density at radius 1 is 1.71 bits per heavy atom. The molecule has 1 aliphatic heterocycles. The highest BCUT2D eigenvalue weighted by Gasteiger charge is 2.26. The van der Waals surface area contributed by atoms with Crippen LogP contribution in [0.3, 0.4) is 0 Å². The second kappa shape index (κ2) is 5.32. The van der Waals surface area contributed by atoms with Gasteiger partial charge in [0.2, 0.25) is 5.91 Å². The van der Waals surface area contributed by atoms with Crippen molar-refractivity contribution in [3.63, 3.8) is 0 Å². The van der Waals surface area contributed by atoms with Crippen LogP contribution in [0.15, 0.2) is 0 Å². The minimum Gasteiger partial charge on any atom is -0.377 e. The van der Waals surface area contributed by atoms with Crippen LogP contribution < -0.4 is 5.32 Å². The Morgan fingerprint density at radius 2 is 2.43 bits per heavy atom. The quantitative estimate of drug-likeness (QED) is 0.702. The number of ether oxygens (including phenoxy) is 1. The first kappa shape index (κ1) is 11.5. The van der Waals surface area contributed by atoms with E-state index in [2.05, 4.69) is 5.32 Å². The van der Waals surface area contributed by atoms with E-state index in [0.29, 0.717) is 13.2 Å². The van der Waals surface area contributed by atoms with Crippen LogP contribution in [0, 0.1) is 5.92 Å². The first-order valence-electron chi connectivity index (χ1n) is 5.19. The third-order valence-corrected chi connectivity index (χ3v) is 2.58. The third-order valence-electron chi connectivity index (χ3n) is 2.58. The van der Waals surface area contributed by atoms with Gasteiger partial charge in [-0.25, -0.2) is 0 Å². The summed E-state index contributed by atoms with van der Waals surface area (Å²) in [5.41, 5.74) is 0. The van der Waals surface area contributed by atoms with Gasteiger partial charge in [0.1, 0.15) is 0 Å². The van der Waals surface area contributed by atoms with Crippen molar-refractivity contribution in [1.82, 2.24) is 10.2 Å². The molecular weight excluding hydrogens is 180 g/mol. The van der Waals surface area contributed by atoms with Crippen molar-refractivity contribution < 1.29 is 9.53 Å². The smallest absolute Gasteiger partial charge is 0.227 e. The number of rotatable bonds is 3. The molecule has 1 rings (SSSR count). The molecule has 1 saturated heterocycles. The number of carbonyl (C=O) groups excluding carboxylic acids is 1. The van der Waals surface area contributed by atoms with E-state index >= 15 is 0 Å². The Bertz CT molecular complexity index is 197. The van der Waals surface area contributed by atoms with Gasteiger partial charge >= 0.3 is 0 Å². The molecule has 1 aliphatic rings. The molecule has 1 amide bonds. The molecule has 0 aromatic carbocycles. The predicted molar refractivity (Wildman–Crippen MR) is 55.1 cm³/mol. The van der Waals surface area contributed by atoms with Gasteiger partial charge in [-0.2, -0.15) is 0 Å². The van der Waals surface area contributed by atoms with E-state index in [0.717, 1.165) is 13.1 Å². The van der Waals surface area contributed by atoms with Crippen LogP contribution in [0.4, 0.5) is 0 Å². The second-order valence-corrected chi connectivity index (χ2v) is 3.91. The fourth-order valence-electron chi connectivity index (χ4n) is 1.73. The summed E-state index contributed by atoms with van der Waals surface area (Å²) in [5.74, 6) is 0.288. The summed E-state index contributed by atoms with van der Waals surface area (Å²) in [6.45, 7) is 6.79. The van der Waals surface area contributed by atoms with E-state index in [-0.39, 0.29) is 17.9 Å². The van der Waals surface area contributed by atoms with Gasteiger partial charge in [-0.05, 0) is 14.0 Å². The maximum Gasteiger partial charge on any atom is 0.227 e. The van der Waals surface area contributed by atoms with E-state index in [9.17, 15) is 4.79 Å². The van der Waals surface area contributed by atoms with Crippen molar-refractivity contribution in [2.24, 2.45) is 5.92 Å². The van der Waals surface area contributed by atoms with Gasteiger partial charge in [0.25, 0.3) is 0 Å². The van der Waals surface area contributed by atoms with Gasteiger partial charge in [-0.1, -0.05) is 6.92 Å². The third kappa shape index (κ3) is 2.69. The largest absolute Gasteiger partial charge is 0.377 e. The Morgan fingerprint density at radius 3 is 3.00 bits per heavy atom. The van der Waals surface area contributed by atoms with Crippen molar-refractivity contribution >= 4 is 5.91 Å². The lowest BCUT2D eigenvalue weighted by Crippen LogP contribution is -2.50. The van der Waals surface area contributed by atoms with Crippen LogP contribution in [0.5, 0.6) is 0 Å². The summed E-state index contributed by atoms with van der Waals surface area (Å²) in [4.78, 5) is 13.9. The summed E-state index contributed by atoms with van der Waals surface area (Å²) in [6, 6.07) is 0.218. The van der Waals surface area contributed by atoms with E-state index in [1.54, 1.807) is 0 Å². The second-order valence-electron chi connectivity index (χ2n) is 3.91. The molecule has 0 saturated carbocycles. The Balaban J connectivity index is 2.49. The zero-order valence-electron chi connectivity index (χ0n) is 9.25. The Kier molecular flexibility index (Phi) is 4.35. The molecular formula is C10H20N2O2. The predicted octanol–water partition coefficient (Wildman–Crippen LogP) is 0.0892. The highest BCUT2D eigenvalue weighted by molar-refractivity contribution is 5.79. The van der Waals surface area contributed by atoms with Crippen molar-refractivity contribution in [1.29, 1.82) is 0 Å². The fraction of sp³-hybridized carbons (Fsp3) is 0.900. The maximum atomic E-state index is 11.9. The average Bonchev–Trinajstić information content (AvgIpc) is 2.18. The normalized spacial score (nSPS) is 24.8. The van der Waals surface area contributed by atoms with Crippen molar-refractivity contribution in [2.75, 3.05) is 33.4 Å². The summed E-state index contributed by atoms with van der Waals surface area (Å²) in [6.07, 6.45) is 0. The number of hydrogen-bond donors (Lipinski definition) is 1. The molecule has 0 aliphatic carbocycles. The van der Waals surface area contributed by atoms with E-state index in [1.807, 2.05) is 25.8 Å². The number of nitrogens with one attached hydrogen (secondary N) is 1. The van der Waals surface area contributed by atoms with Gasteiger partial charge in [0, 0.05) is 19.0 Å². The zero-order valence-corrected chi connectivity index (χ0v) is 9.25. The Hall–Kier alpha value is -0.610. The number of carbonyl (C=O) groups is 1. The maximum absolute atomic E-state index is 11.9. The Labute approximate surface area is 85.6 Å². The molecule has 0 spiro atoms. The topological polar surface area (TPSA) is 41.6 Å². The SMILES string of the molecule is CNCC(C)C(=O)N1CCOC[C@H]1C. The zero-order chi connectivity index (χ0) is 10.6. The van der Waals surface area contributed by atoms with Crippen LogP contribution in [0.2, 0.25) is 0 Å². The van der Waals surface area contributed by atoms with Crippen LogP contribution in [0.1, 0.15) is 13.8 Å². The van der Waals surface area contributed by atoms with E-state index in [1.165, 1.54) is 0 Å². The van der Waals surface area contributed by atoms with Crippen LogP contribution in [-0.2, 0) is 9.53 Å². The number of hydrogen-bond acceptors (Lipinski definition) is 3. The molecule has 0 aromatic rings. The molecule has 0 bridgehead atoms. The summed E-state index contributed by atoms with van der Waals surface area (Å²) in [7, 11) is 1.87. The van der Waals surface area contributed by atoms with E-state index < -0.39 is 0 Å². The number of nitrogens with zero attached hydrogens (tertiary/aromatic N) is 1. The van der Waals surface area contributed by atoms with Crippen molar-refractivity contribution in [3.05, 3.63) is 0 Å². The minimum atomic E-state index is 0.0561. The molecule has 4 heteroatoms. The number of amides is 1. The monoisotopic (exact) mass is 200 g/mol. The molecule has 1 fully saturated rings. The molecule has 14 heavy (non-hydrogen) atoms. The van der Waals surface area contributed by atoms with Crippen molar-refractivity contribution in [3.8, 4) is 0 Å². The van der Waals surface area contributed by atoms with E-state index in [4.69, 9.17) is 4.74 Å². The fourth-order valence-corrected chi connectivity index (χ4v) is 1.73. The average molecular weight is 200 g/mol. The minimum absolute atomic E-state index is 0.0561. The first-order chi connectivity index (χ1) is 6.66. The van der Waals surface area contributed by atoms with Gasteiger partial charge in [0.05, 0.1) is 19.3 Å². The van der Waals surface area contributed by atoms with Crippen LogP contribution in [0.25, 0.3) is 0 Å². The molecule has 4 nitrogen and oxygen atoms in total. The molecule has 0 aromatic heterocycles. The van der Waals surface area contributed by atoms with Gasteiger partial charge in [0.15, 0.2) is 0 Å². The summed E-state index contributed by atoms with van der Waals surface area (Å²) in [5, 5.41) is 3.02. The lowest BCUT2D eigenvalue weighted by Gasteiger charge is -2.35. The lowest BCUT2D eigenvalue weighted by molar-refractivity contribution is -0.142. The molecule has 1 heterocycles. The van der Waals surface area contributed by atoms with Crippen molar-refractivity contribution in [2.45, 2.75) is 19.9 Å². The molecule has 0 radical (unpaired) electrons. The number of morpholine rings is 1. The summed E-state index contributed by atoms with van der Waals surface area (Å²) >= 11 is 0. The standard InChI is InChI=1S/C10H20N2O2/c1-8(6-11-3)10(13)12-4-5-14-7-9(12)2/h8-9,11H,4-7H2,1-3H3/t8?,9-/m1/s1. The first-order valence-corrected chi connectivity index (χ1v) is 5.19.